The molecule has 0 bridgehead atoms. The molecule has 1 aliphatic rings. The van der Waals surface area contributed by atoms with E-state index in [1.54, 1.807) is 20.8 Å². The number of aromatic amines is 1. The highest BCUT2D eigenvalue weighted by molar-refractivity contribution is 5.88. The van der Waals surface area contributed by atoms with Gasteiger partial charge in [0.15, 0.2) is 0 Å². The Bertz CT molecular complexity index is 774. The Morgan fingerprint density at radius 3 is 2.30 bits per heavy atom. The van der Waals surface area contributed by atoms with Crippen molar-refractivity contribution < 1.29 is 19.4 Å². The summed E-state index contributed by atoms with van der Waals surface area (Å²) in [5.74, 6) is -1.02. The minimum Gasteiger partial charge on any atom is -0.480 e. The first-order valence-corrected chi connectivity index (χ1v) is 9.57. The van der Waals surface area contributed by atoms with Gasteiger partial charge in [0.05, 0.1) is 6.54 Å². The summed E-state index contributed by atoms with van der Waals surface area (Å²) in [7, 11) is 0. The number of benzene rings is 1. The summed E-state index contributed by atoms with van der Waals surface area (Å²) in [5.41, 5.74) is 2.12. The van der Waals surface area contributed by atoms with Gasteiger partial charge in [0.25, 0.3) is 0 Å². The molecule has 0 spiro atoms. The fourth-order valence-corrected chi connectivity index (χ4v) is 2.94. The highest BCUT2D eigenvalue weighted by atomic mass is 16.6. The molecule has 1 aromatic carbocycles. The molecule has 1 atom stereocenters. The first-order chi connectivity index (χ1) is 12.8. The number of aliphatic carboxylic acids is 1. The molecule has 2 aromatic rings. The summed E-state index contributed by atoms with van der Waals surface area (Å²) in [4.78, 5) is 28.6. The van der Waals surface area contributed by atoms with E-state index in [1.807, 2.05) is 52.0 Å². The molecule has 150 valence electrons. The van der Waals surface area contributed by atoms with Crippen LogP contribution in [0.4, 0.5) is 4.79 Å². The van der Waals surface area contributed by atoms with E-state index in [9.17, 15) is 14.7 Å². The number of carbonyl (C=O) groups is 2. The lowest BCUT2D eigenvalue weighted by Crippen LogP contribution is -2.50. The molecule has 0 fully saturated rings. The van der Waals surface area contributed by atoms with Crippen molar-refractivity contribution in [2.75, 3.05) is 0 Å². The van der Waals surface area contributed by atoms with Gasteiger partial charge in [0, 0.05) is 23.0 Å². The van der Waals surface area contributed by atoms with Gasteiger partial charge in [-0.3, -0.25) is 4.90 Å². The molecule has 3 rings (SSSR count). The average Bonchev–Trinajstić information content (AvgIpc) is 3.00. The Morgan fingerprint density at radius 2 is 1.74 bits per heavy atom. The van der Waals surface area contributed by atoms with Gasteiger partial charge in [-0.25, -0.2) is 9.59 Å². The maximum absolute atomic E-state index is 12.4. The second-order valence-corrected chi connectivity index (χ2v) is 6.79. The van der Waals surface area contributed by atoms with Crippen molar-refractivity contribution in [2.45, 2.75) is 73.1 Å². The summed E-state index contributed by atoms with van der Waals surface area (Å²) in [6.07, 6.45) is -0.331. The SMILES string of the molecule is CC.CC.CC(C)(C)OC(=O)N1Cc2[nH]c3ccccc3c2CC1C(=O)O. The molecule has 0 saturated carbocycles. The van der Waals surface area contributed by atoms with Crippen molar-refractivity contribution in [3.05, 3.63) is 35.5 Å². The summed E-state index contributed by atoms with van der Waals surface area (Å²) < 4.78 is 5.36. The third kappa shape index (κ3) is 5.25. The van der Waals surface area contributed by atoms with Gasteiger partial charge >= 0.3 is 12.1 Å². The van der Waals surface area contributed by atoms with Crippen molar-refractivity contribution in [2.24, 2.45) is 0 Å². The predicted octanol–water partition coefficient (Wildman–Crippen LogP) is 4.97. The Labute approximate surface area is 161 Å². The lowest BCUT2D eigenvalue weighted by molar-refractivity contribution is -0.143. The molecule has 1 aromatic heterocycles. The molecule has 6 heteroatoms. The second kappa shape index (κ2) is 9.44. The fraction of sp³-hybridized carbons (Fsp3) is 0.524. The van der Waals surface area contributed by atoms with Crippen LogP contribution < -0.4 is 0 Å². The number of nitrogens with zero attached hydrogens (tertiary/aromatic N) is 1. The molecule has 27 heavy (non-hydrogen) atoms. The monoisotopic (exact) mass is 376 g/mol. The number of carboxylic acid groups (broad SMARTS) is 1. The summed E-state index contributed by atoms with van der Waals surface area (Å²) in [6, 6.07) is 6.84. The maximum Gasteiger partial charge on any atom is 0.411 e. The molecule has 1 unspecified atom stereocenters. The number of nitrogens with one attached hydrogen (secondary N) is 1. The van der Waals surface area contributed by atoms with E-state index in [0.29, 0.717) is 0 Å². The number of fused-ring (bicyclic) bond motifs is 3. The maximum atomic E-state index is 12.4. The van der Waals surface area contributed by atoms with Crippen LogP contribution in [0.3, 0.4) is 0 Å². The number of rotatable bonds is 1. The molecule has 6 nitrogen and oxygen atoms in total. The van der Waals surface area contributed by atoms with Gasteiger partial charge in [-0.05, 0) is 32.4 Å². The summed E-state index contributed by atoms with van der Waals surface area (Å²) >= 11 is 0. The van der Waals surface area contributed by atoms with Crippen LogP contribution in [-0.2, 0) is 22.5 Å². The highest BCUT2D eigenvalue weighted by Gasteiger charge is 2.38. The lowest BCUT2D eigenvalue weighted by Gasteiger charge is -2.34. The van der Waals surface area contributed by atoms with E-state index in [2.05, 4.69) is 4.98 Å². The van der Waals surface area contributed by atoms with Crippen molar-refractivity contribution >= 4 is 23.0 Å². The summed E-state index contributed by atoms with van der Waals surface area (Å²) in [6.45, 7) is 13.5. The minimum atomic E-state index is -1.02. The molecule has 0 aliphatic carbocycles. The number of carbonyl (C=O) groups excluding carboxylic acids is 1. The third-order valence-electron chi connectivity index (χ3n) is 3.92. The van der Waals surface area contributed by atoms with E-state index >= 15 is 0 Å². The molecule has 1 amide bonds. The van der Waals surface area contributed by atoms with Crippen LogP contribution in [0, 0.1) is 0 Å². The topological polar surface area (TPSA) is 82.6 Å². The molecule has 1 aliphatic heterocycles. The van der Waals surface area contributed by atoms with Gasteiger partial charge in [-0.15, -0.1) is 0 Å². The molecule has 0 saturated heterocycles. The van der Waals surface area contributed by atoms with Crippen LogP contribution in [-0.4, -0.2) is 38.7 Å². The standard InChI is InChI=1S/C17H20N2O4.2C2H6/c1-17(2,3)23-16(22)19-9-13-11(8-14(19)15(20)21)10-6-4-5-7-12(10)18-13;2*1-2/h4-7,14,18H,8-9H2,1-3H3,(H,20,21);2*1-2H3. The van der Waals surface area contributed by atoms with Gasteiger partial charge in [-0.1, -0.05) is 45.9 Å². The zero-order chi connectivity index (χ0) is 20.8. The number of hydrogen-bond donors (Lipinski definition) is 2. The van der Waals surface area contributed by atoms with Crippen LogP contribution in [0.1, 0.15) is 59.7 Å². The van der Waals surface area contributed by atoms with Crippen LogP contribution >= 0.6 is 0 Å². The van der Waals surface area contributed by atoms with E-state index in [4.69, 9.17) is 4.74 Å². The minimum absolute atomic E-state index is 0.204. The van der Waals surface area contributed by atoms with Crippen LogP contribution in [0.2, 0.25) is 0 Å². The molecule has 0 radical (unpaired) electrons. The number of hydrogen-bond acceptors (Lipinski definition) is 3. The zero-order valence-electron chi connectivity index (χ0n) is 17.4. The first-order valence-electron chi connectivity index (χ1n) is 9.57. The quantitative estimate of drug-likeness (QED) is 0.736. The highest BCUT2D eigenvalue weighted by Crippen LogP contribution is 2.31. The molecular weight excluding hydrogens is 344 g/mol. The smallest absolute Gasteiger partial charge is 0.411 e. The Hall–Kier alpha value is -2.50. The number of amides is 1. The first kappa shape index (κ1) is 22.5. The predicted molar refractivity (Wildman–Crippen MR) is 108 cm³/mol. The number of aromatic nitrogens is 1. The van der Waals surface area contributed by atoms with E-state index in [1.165, 1.54) is 4.90 Å². The van der Waals surface area contributed by atoms with E-state index in [-0.39, 0.29) is 13.0 Å². The van der Waals surface area contributed by atoms with Crippen molar-refractivity contribution in [3.8, 4) is 0 Å². The Kier molecular flexibility index (Phi) is 7.88. The fourth-order valence-electron chi connectivity index (χ4n) is 2.94. The Morgan fingerprint density at radius 1 is 1.15 bits per heavy atom. The van der Waals surface area contributed by atoms with Crippen LogP contribution in [0.25, 0.3) is 10.9 Å². The summed E-state index contributed by atoms with van der Waals surface area (Å²) in [5, 5.41) is 10.5. The Balaban J connectivity index is 0.000000855. The van der Waals surface area contributed by atoms with Gasteiger partial charge in [0.1, 0.15) is 11.6 Å². The second-order valence-electron chi connectivity index (χ2n) is 6.79. The molecule has 2 N–H and O–H groups in total. The van der Waals surface area contributed by atoms with Crippen molar-refractivity contribution in [1.29, 1.82) is 0 Å². The van der Waals surface area contributed by atoms with Gasteiger partial charge < -0.3 is 14.8 Å². The van der Waals surface area contributed by atoms with E-state index in [0.717, 1.165) is 22.2 Å². The lowest BCUT2D eigenvalue weighted by atomic mass is 9.97. The third-order valence-corrected chi connectivity index (χ3v) is 3.92. The normalized spacial score (nSPS) is 15.7. The average molecular weight is 376 g/mol. The van der Waals surface area contributed by atoms with E-state index < -0.39 is 23.7 Å². The van der Waals surface area contributed by atoms with Gasteiger partial charge in [0.2, 0.25) is 0 Å². The largest absolute Gasteiger partial charge is 0.480 e. The molecule has 2 heterocycles. The zero-order valence-corrected chi connectivity index (χ0v) is 17.4. The van der Waals surface area contributed by atoms with Crippen molar-refractivity contribution in [1.82, 2.24) is 9.88 Å². The number of ether oxygens (including phenoxy) is 1. The van der Waals surface area contributed by atoms with Crippen LogP contribution in [0.5, 0.6) is 0 Å². The number of para-hydroxylation sites is 1. The van der Waals surface area contributed by atoms with Gasteiger partial charge in [-0.2, -0.15) is 0 Å². The van der Waals surface area contributed by atoms with Crippen molar-refractivity contribution in [3.63, 3.8) is 0 Å². The number of carboxylic acids is 1. The molecular formula is C21H32N2O4. The van der Waals surface area contributed by atoms with Crippen LogP contribution in [0.15, 0.2) is 24.3 Å². The number of H-pyrrole nitrogens is 1.